The maximum Gasteiger partial charge on any atom is 0.306 e. The van der Waals surface area contributed by atoms with Crippen LogP contribution in [-0.2, 0) is 27.9 Å². The zero-order valence-corrected chi connectivity index (χ0v) is 54.7. The van der Waals surface area contributed by atoms with Gasteiger partial charge in [0.05, 0.1) is 33.8 Å². The Morgan fingerprint density at radius 1 is 0.438 bits per heavy atom. The predicted octanol–water partition coefficient (Wildman–Crippen LogP) is 21.0. The smallest absolute Gasteiger partial charge is 0.306 e. The van der Waals surface area contributed by atoms with E-state index in [1.54, 1.807) is 0 Å². The fraction of sp³-hybridized carbons (Fsp3) is 0.857. The number of unbranched alkanes of at least 4 members (excludes halogenated alkanes) is 42. The number of esters is 1. The van der Waals surface area contributed by atoms with Crippen LogP contribution < -0.4 is 10.2 Å². The maximum atomic E-state index is 13.5. The van der Waals surface area contributed by atoms with E-state index in [0.717, 1.165) is 83.5 Å². The predicted molar refractivity (Wildman–Crippen MR) is 344 cm³/mol. The normalized spacial score (nSPS) is 13.8. The van der Waals surface area contributed by atoms with Crippen LogP contribution in [0.15, 0.2) is 48.6 Å². The molecule has 0 rings (SSSR count). The van der Waals surface area contributed by atoms with Crippen molar-refractivity contribution in [3.8, 4) is 0 Å². The van der Waals surface area contributed by atoms with E-state index in [4.69, 9.17) is 13.8 Å². The molecule has 0 saturated carbocycles. The zero-order valence-electron chi connectivity index (χ0n) is 53.8. The fourth-order valence-corrected chi connectivity index (χ4v) is 10.9. The summed E-state index contributed by atoms with van der Waals surface area (Å²) in [5, 5.41) is 3.03. The van der Waals surface area contributed by atoms with E-state index >= 15 is 0 Å². The molecule has 9 nitrogen and oxygen atoms in total. The molecule has 0 aliphatic carbocycles. The summed E-state index contributed by atoms with van der Waals surface area (Å²) in [5.74, 6) is -0.541. The molecule has 0 saturated heterocycles. The molecule has 0 radical (unpaired) electrons. The Balaban J connectivity index is 5.00. The van der Waals surface area contributed by atoms with Crippen molar-refractivity contribution in [2.75, 3.05) is 40.9 Å². The second-order valence-electron chi connectivity index (χ2n) is 24.7. The number of ether oxygens (including phenoxy) is 1. The number of amides is 1. The minimum Gasteiger partial charge on any atom is -0.756 e. The maximum absolute atomic E-state index is 13.5. The van der Waals surface area contributed by atoms with Gasteiger partial charge < -0.3 is 28.5 Å². The Hall–Kier alpha value is -2.03. The Morgan fingerprint density at radius 2 is 0.762 bits per heavy atom. The molecule has 0 bridgehead atoms. The molecular weight excluding hydrogens is 1010 g/mol. The average Bonchev–Trinajstić information content (AvgIpc) is 3.42. The quantitative estimate of drug-likeness (QED) is 0.0161. The van der Waals surface area contributed by atoms with Gasteiger partial charge in [-0.1, -0.05) is 288 Å². The number of phosphoric ester groups is 1. The van der Waals surface area contributed by atoms with Crippen molar-refractivity contribution in [2.24, 2.45) is 0 Å². The number of rotatable bonds is 63. The minimum atomic E-state index is -4.70. The van der Waals surface area contributed by atoms with Gasteiger partial charge in [-0.2, -0.15) is 0 Å². The lowest BCUT2D eigenvalue weighted by atomic mass is 10.0. The number of carbonyl (C=O) groups is 2. The Labute approximate surface area is 497 Å². The van der Waals surface area contributed by atoms with Gasteiger partial charge in [-0.3, -0.25) is 14.2 Å². The first-order valence-electron chi connectivity index (χ1n) is 34.5. The SMILES string of the molecule is CCCCC/C=C/C=C/CCCCCCCCC(=O)NC(COP(=O)([O-])OCC[N+](C)(C)C)C(/C=C\CCCCCCCCCCCC)OC(=O)CCCCCCCCCCCCCCCCCCC/C=C/CCCCCCCC. The molecular formula is C70H133N2O7P. The molecule has 0 aliphatic heterocycles. The number of likely N-dealkylation sites (N-methyl/N-ethyl adjacent to an activating group) is 1. The van der Waals surface area contributed by atoms with Crippen LogP contribution in [0.4, 0.5) is 0 Å². The van der Waals surface area contributed by atoms with Gasteiger partial charge in [0.2, 0.25) is 5.91 Å². The number of carbonyl (C=O) groups excluding carboxylic acids is 2. The number of nitrogens with zero attached hydrogens (tertiary/aromatic N) is 1. The molecule has 80 heavy (non-hydrogen) atoms. The van der Waals surface area contributed by atoms with Crippen LogP contribution in [0.3, 0.4) is 0 Å². The molecule has 0 aliphatic rings. The molecule has 1 amide bonds. The second kappa shape index (κ2) is 60.1. The summed E-state index contributed by atoms with van der Waals surface area (Å²) in [6, 6.07) is -0.893. The highest BCUT2D eigenvalue weighted by molar-refractivity contribution is 7.45. The molecule has 1 N–H and O–H groups in total. The van der Waals surface area contributed by atoms with Crippen LogP contribution in [0.2, 0.25) is 0 Å². The molecule has 3 atom stereocenters. The highest BCUT2D eigenvalue weighted by atomic mass is 31.2. The van der Waals surface area contributed by atoms with Crippen LogP contribution in [0.1, 0.15) is 335 Å². The summed E-state index contributed by atoms with van der Waals surface area (Å²) < 4.78 is 30.4. The van der Waals surface area contributed by atoms with Crippen molar-refractivity contribution in [1.29, 1.82) is 0 Å². The first kappa shape index (κ1) is 78.0. The third-order valence-corrected chi connectivity index (χ3v) is 16.5. The van der Waals surface area contributed by atoms with Crippen molar-refractivity contribution in [3.05, 3.63) is 48.6 Å². The van der Waals surface area contributed by atoms with Gasteiger partial charge in [0.15, 0.2) is 0 Å². The number of hydrogen-bond donors (Lipinski definition) is 1. The van der Waals surface area contributed by atoms with E-state index in [-0.39, 0.29) is 24.9 Å². The largest absolute Gasteiger partial charge is 0.756 e. The molecule has 3 unspecified atom stereocenters. The molecule has 470 valence electrons. The topological polar surface area (TPSA) is 114 Å². The number of nitrogens with one attached hydrogen (secondary N) is 1. The van der Waals surface area contributed by atoms with Crippen LogP contribution in [-0.4, -0.2) is 69.4 Å². The van der Waals surface area contributed by atoms with E-state index in [1.165, 1.54) is 218 Å². The third-order valence-electron chi connectivity index (χ3n) is 15.5. The van der Waals surface area contributed by atoms with Gasteiger partial charge in [-0.15, -0.1) is 0 Å². The number of phosphoric acid groups is 1. The van der Waals surface area contributed by atoms with E-state index in [2.05, 4.69) is 62.5 Å². The first-order chi connectivity index (χ1) is 38.9. The van der Waals surface area contributed by atoms with Gasteiger partial charge >= 0.3 is 5.97 Å². The Morgan fingerprint density at radius 3 is 1.16 bits per heavy atom. The van der Waals surface area contributed by atoms with E-state index < -0.39 is 26.6 Å². The molecule has 0 fully saturated rings. The molecule has 0 spiro atoms. The summed E-state index contributed by atoms with van der Waals surface area (Å²) in [4.78, 5) is 40.1. The lowest BCUT2D eigenvalue weighted by Crippen LogP contribution is -2.47. The average molecular weight is 1150 g/mol. The van der Waals surface area contributed by atoms with Gasteiger partial charge in [-0.25, -0.2) is 0 Å². The number of quaternary nitrogens is 1. The molecule has 0 aromatic carbocycles. The first-order valence-corrected chi connectivity index (χ1v) is 35.9. The van der Waals surface area contributed by atoms with Crippen molar-refractivity contribution >= 4 is 19.7 Å². The van der Waals surface area contributed by atoms with Crippen LogP contribution in [0.25, 0.3) is 0 Å². The van der Waals surface area contributed by atoms with Gasteiger partial charge in [0.25, 0.3) is 7.82 Å². The minimum absolute atomic E-state index is 0.0236. The lowest BCUT2D eigenvalue weighted by Gasteiger charge is -2.30. The van der Waals surface area contributed by atoms with Gasteiger partial charge in [-0.05, 0) is 83.1 Å². The number of allylic oxidation sites excluding steroid dienone is 7. The van der Waals surface area contributed by atoms with Gasteiger partial charge in [0.1, 0.15) is 19.3 Å². The van der Waals surface area contributed by atoms with E-state index in [9.17, 15) is 19.0 Å². The standard InChI is InChI=1S/C70H133N2O7P/c1-7-10-13-16-19-22-25-28-30-31-32-33-34-35-36-37-38-39-40-41-43-45-48-51-54-57-60-63-70(74)79-68(61-58-55-52-49-46-27-24-21-18-15-12-9-3)67(66-78-80(75,76)77-65-64-72(4,5)6)71-69(73)62-59-56-53-50-47-44-42-29-26-23-20-17-14-11-8-2/h20,23,26,28-30,58,61,67-68H,7-19,21-22,24-25,27,31-57,59-60,62-66H2,1-6H3,(H-,71,73,75,76)/b23-20+,29-26+,30-28+,61-58-. The van der Waals surface area contributed by atoms with Crippen molar-refractivity contribution in [3.63, 3.8) is 0 Å². The summed E-state index contributed by atoms with van der Waals surface area (Å²) in [7, 11) is 1.19. The third kappa shape index (κ3) is 60.6. The highest BCUT2D eigenvalue weighted by Crippen LogP contribution is 2.38. The summed E-state index contributed by atoms with van der Waals surface area (Å²) in [5.41, 5.74) is 0. The summed E-state index contributed by atoms with van der Waals surface area (Å²) in [6.07, 6.45) is 75.2. The lowest BCUT2D eigenvalue weighted by molar-refractivity contribution is -0.870. The fourth-order valence-electron chi connectivity index (χ4n) is 10.2. The molecule has 10 heteroatoms. The van der Waals surface area contributed by atoms with Crippen molar-refractivity contribution < 1.29 is 37.3 Å². The Bertz CT molecular complexity index is 1510. The highest BCUT2D eigenvalue weighted by Gasteiger charge is 2.27. The summed E-state index contributed by atoms with van der Waals surface area (Å²) >= 11 is 0. The summed E-state index contributed by atoms with van der Waals surface area (Å²) in [6.45, 7) is 6.84. The monoisotopic (exact) mass is 1140 g/mol. The number of hydrogen-bond acceptors (Lipinski definition) is 7. The van der Waals surface area contributed by atoms with E-state index in [1.807, 2.05) is 33.3 Å². The molecule has 0 heterocycles. The second-order valence-corrected chi connectivity index (χ2v) is 26.1. The molecule has 0 aromatic heterocycles. The molecule has 0 aromatic rings. The van der Waals surface area contributed by atoms with Crippen LogP contribution in [0, 0.1) is 0 Å². The van der Waals surface area contributed by atoms with Crippen LogP contribution in [0.5, 0.6) is 0 Å². The Kier molecular flexibility index (Phi) is 58.6. The van der Waals surface area contributed by atoms with Gasteiger partial charge in [0, 0.05) is 12.8 Å². The zero-order chi connectivity index (χ0) is 58.6. The van der Waals surface area contributed by atoms with Crippen molar-refractivity contribution in [1.82, 2.24) is 5.32 Å². The van der Waals surface area contributed by atoms with E-state index in [0.29, 0.717) is 17.4 Å². The van der Waals surface area contributed by atoms with Crippen molar-refractivity contribution in [2.45, 2.75) is 348 Å². The van der Waals surface area contributed by atoms with Crippen LogP contribution >= 0.6 is 7.82 Å².